The van der Waals surface area contributed by atoms with Crippen molar-refractivity contribution in [3.8, 4) is 0 Å². The highest BCUT2D eigenvalue weighted by Gasteiger charge is 2.28. The summed E-state index contributed by atoms with van der Waals surface area (Å²) in [6.45, 7) is 0.448. The van der Waals surface area contributed by atoms with Crippen LogP contribution in [-0.4, -0.2) is 55.2 Å². The van der Waals surface area contributed by atoms with Crippen molar-refractivity contribution in [1.82, 2.24) is 9.80 Å². The fourth-order valence-corrected chi connectivity index (χ4v) is 3.27. The third kappa shape index (κ3) is 6.26. The number of rotatable bonds is 5. The van der Waals surface area contributed by atoms with E-state index < -0.39 is 29.1 Å². The molecule has 0 N–H and O–H groups in total. The molecule has 4 nitrogen and oxygen atoms in total. The van der Waals surface area contributed by atoms with Gasteiger partial charge in [0.25, 0.3) is 0 Å². The molecule has 2 aromatic rings. The minimum atomic E-state index is -1.07. The Morgan fingerprint density at radius 1 is 0.879 bits per heavy atom. The molecule has 0 aromatic heterocycles. The highest BCUT2D eigenvalue weighted by Crippen LogP contribution is 2.23. The number of carbonyl (C=O) groups is 2. The molecular weight excluding hydrogens is 436 g/mol. The highest BCUT2D eigenvalue weighted by atomic mass is 19.2. The van der Waals surface area contributed by atoms with Gasteiger partial charge in [-0.1, -0.05) is 18.2 Å². The molecule has 33 heavy (non-hydrogen) atoms. The first-order chi connectivity index (χ1) is 15.6. The van der Waals surface area contributed by atoms with Gasteiger partial charge < -0.3 is 9.80 Å². The minimum Gasteiger partial charge on any atom is -0.330 e. The Hall–Kier alpha value is -3.52. The number of benzene rings is 2. The topological polar surface area (TPSA) is 40.6 Å². The van der Waals surface area contributed by atoms with Crippen LogP contribution in [0.3, 0.4) is 0 Å². The first-order valence-electron chi connectivity index (χ1n) is 10.1. The summed E-state index contributed by atoms with van der Waals surface area (Å²) >= 11 is 0. The summed E-state index contributed by atoms with van der Waals surface area (Å²) in [6.07, 6.45) is 5.83. The van der Waals surface area contributed by atoms with Gasteiger partial charge in [-0.25, -0.2) is 17.6 Å². The van der Waals surface area contributed by atoms with E-state index in [-0.39, 0.29) is 41.3 Å². The Kier molecular flexibility index (Phi) is 7.60. The number of carbonyl (C=O) groups excluding carboxylic acids is 2. The molecule has 1 fully saturated rings. The molecule has 3 rings (SSSR count). The van der Waals surface area contributed by atoms with E-state index in [1.54, 1.807) is 6.08 Å². The van der Waals surface area contributed by atoms with Crippen LogP contribution in [-0.2, 0) is 9.59 Å². The number of Topliss-reactive ketones (excluding diaryl/α,β-unsaturated/α-hetero) is 1. The third-order valence-electron chi connectivity index (χ3n) is 4.92. The van der Waals surface area contributed by atoms with Crippen molar-refractivity contribution in [2.45, 2.75) is 0 Å². The number of ketones is 1. The van der Waals surface area contributed by atoms with Crippen molar-refractivity contribution in [2.75, 3.05) is 33.7 Å². The second-order valence-electron chi connectivity index (χ2n) is 7.87. The van der Waals surface area contributed by atoms with Gasteiger partial charge in [0.2, 0.25) is 5.91 Å². The molecule has 1 aliphatic heterocycles. The second-order valence-corrected chi connectivity index (χ2v) is 7.87. The van der Waals surface area contributed by atoms with Crippen LogP contribution < -0.4 is 0 Å². The van der Waals surface area contributed by atoms with Crippen LogP contribution in [0, 0.1) is 23.3 Å². The Balaban J connectivity index is 1.98. The Labute approximate surface area is 189 Å². The van der Waals surface area contributed by atoms with Gasteiger partial charge in [-0.05, 0) is 61.6 Å². The fourth-order valence-electron chi connectivity index (χ4n) is 3.27. The smallest absolute Gasteiger partial charge is 0.246 e. The first kappa shape index (κ1) is 24.1. The number of piperidine rings is 1. The summed E-state index contributed by atoms with van der Waals surface area (Å²) in [5.74, 6) is -4.94. The lowest BCUT2D eigenvalue weighted by atomic mass is 9.94. The maximum Gasteiger partial charge on any atom is 0.246 e. The Morgan fingerprint density at radius 2 is 1.36 bits per heavy atom. The molecule has 0 radical (unpaired) electrons. The van der Waals surface area contributed by atoms with Gasteiger partial charge in [0.1, 0.15) is 0 Å². The largest absolute Gasteiger partial charge is 0.330 e. The highest BCUT2D eigenvalue weighted by molar-refractivity contribution is 6.15. The average Bonchev–Trinajstić information content (AvgIpc) is 2.75. The molecule has 1 aliphatic rings. The Bertz CT molecular complexity index is 1100. The van der Waals surface area contributed by atoms with Crippen LogP contribution in [0.15, 0.2) is 59.7 Å². The zero-order valence-corrected chi connectivity index (χ0v) is 18.1. The average molecular weight is 458 g/mol. The molecule has 0 saturated carbocycles. The van der Waals surface area contributed by atoms with Crippen molar-refractivity contribution < 1.29 is 27.2 Å². The van der Waals surface area contributed by atoms with Crippen LogP contribution in [0.2, 0.25) is 0 Å². The summed E-state index contributed by atoms with van der Waals surface area (Å²) in [5, 5.41) is 0. The van der Waals surface area contributed by atoms with Crippen LogP contribution in [0.25, 0.3) is 12.2 Å². The predicted octanol–water partition coefficient (Wildman–Crippen LogP) is 4.24. The molecule has 1 amide bonds. The summed E-state index contributed by atoms with van der Waals surface area (Å²) in [6, 6.07) is 6.42. The Morgan fingerprint density at radius 3 is 1.79 bits per heavy atom. The lowest BCUT2D eigenvalue weighted by Crippen LogP contribution is -2.41. The number of amides is 1. The molecule has 1 heterocycles. The van der Waals surface area contributed by atoms with E-state index in [1.807, 2.05) is 19.0 Å². The normalized spacial score (nSPS) is 17.1. The van der Waals surface area contributed by atoms with Crippen molar-refractivity contribution in [1.29, 1.82) is 0 Å². The molecule has 0 bridgehead atoms. The SMILES string of the molecule is CN(C)C/C=C/C(=O)N1C/C(=C\c2ccc(F)c(F)c2)C(=O)/C(=C/c2ccc(F)c(F)c2)C1. The molecule has 0 aliphatic carbocycles. The number of hydrogen-bond acceptors (Lipinski definition) is 3. The maximum absolute atomic E-state index is 13.6. The van der Waals surface area contributed by atoms with Gasteiger partial charge in [0.15, 0.2) is 29.1 Å². The molecule has 0 spiro atoms. The van der Waals surface area contributed by atoms with Crippen LogP contribution >= 0.6 is 0 Å². The van der Waals surface area contributed by atoms with E-state index in [2.05, 4.69) is 0 Å². The molecule has 8 heteroatoms. The van der Waals surface area contributed by atoms with Crippen molar-refractivity contribution in [2.24, 2.45) is 0 Å². The predicted molar refractivity (Wildman–Crippen MR) is 118 cm³/mol. The van der Waals surface area contributed by atoms with E-state index in [9.17, 15) is 27.2 Å². The third-order valence-corrected chi connectivity index (χ3v) is 4.92. The van der Waals surface area contributed by atoms with Gasteiger partial charge in [-0.15, -0.1) is 0 Å². The van der Waals surface area contributed by atoms with Crippen LogP contribution in [0.5, 0.6) is 0 Å². The van der Waals surface area contributed by atoms with Crippen molar-refractivity contribution >= 4 is 23.8 Å². The van der Waals surface area contributed by atoms with Crippen molar-refractivity contribution in [3.63, 3.8) is 0 Å². The minimum absolute atomic E-state index is 0.0436. The number of hydrogen-bond donors (Lipinski definition) is 0. The quantitative estimate of drug-likeness (QED) is 0.497. The molecule has 1 saturated heterocycles. The number of likely N-dealkylation sites (N-methyl/N-ethyl adjacent to an activating group) is 1. The van der Waals surface area contributed by atoms with E-state index in [4.69, 9.17) is 0 Å². The van der Waals surface area contributed by atoms with E-state index >= 15 is 0 Å². The summed E-state index contributed by atoms with van der Waals surface area (Å²) in [5.41, 5.74) is 0.856. The van der Waals surface area contributed by atoms with E-state index in [0.717, 1.165) is 24.3 Å². The zero-order valence-electron chi connectivity index (χ0n) is 18.1. The number of likely N-dealkylation sites (tertiary alicyclic amines) is 1. The lowest BCUT2D eigenvalue weighted by Gasteiger charge is -2.29. The van der Waals surface area contributed by atoms with Gasteiger partial charge >= 0.3 is 0 Å². The zero-order chi connectivity index (χ0) is 24.1. The van der Waals surface area contributed by atoms with Gasteiger partial charge in [0.05, 0.1) is 13.1 Å². The van der Waals surface area contributed by atoms with Gasteiger partial charge in [-0.3, -0.25) is 9.59 Å². The number of nitrogens with zero attached hydrogens (tertiary/aromatic N) is 2. The first-order valence-corrected chi connectivity index (χ1v) is 10.1. The van der Waals surface area contributed by atoms with Gasteiger partial charge in [0, 0.05) is 23.8 Å². The molecular formula is C25H22F4N2O2. The molecule has 172 valence electrons. The standard InChI is InChI=1S/C25H22F4N2O2/c1-30(2)9-3-4-24(32)31-14-18(10-16-5-7-20(26)22(28)12-16)25(33)19(15-31)11-17-6-8-21(27)23(29)13-17/h3-8,10-13H,9,14-15H2,1-2H3/b4-3+,18-10+,19-11+. The number of halogens is 4. The monoisotopic (exact) mass is 458 g/mol. The summed E-state index contributed by atoms with van der Waals surface area (Å²) in [7, 11) is 3.69. The van der Waals surface area contributed by atoms with E-state index in [1.165, 1.54) is 35.3 Å². The summed E-state index contributed by atoms with van der Waals surface area (Å²) in [4.78, 5) is 29.1. The van der Waals surface area contributed by atoms with E-state index in [0.29, 0.717) is 6.54 Å². The summed E-state index contributed by atoms with van der Waals surface area (Å²) < 4.78 is 53.8. The van der Waals surface area contributed by atoms with Crippen molar-refractivity contribution in [3.05, 3.63) is 94.1 Å². The van der Waals surface area contributed by atoms with Crippen LogP contribution in [0.1, 0.15) is 11.1 Å². The van der Waals surface area contributed by atoms with Crippen LogP contribution in [0.4, 0.5) is 17.6 Å². The second kappa shape index (κ2) is 10.4. The molecule has 2 aromatic carbocycles. The fraction of sp³-hybridized carbons (Fsp3) is 0.200. The lowest BCUT2D eigenvalue weighted by molar-refractivity contribution is -0.126. The molecule has 0 unspecified atom stereocenters. The van der Waals surface area contributed by atoms with Gasteiger partial charge in [-0.2, -0.15) is 0 Å². The maximum atomic E-state index is 13.6. The molecule has 0 atom stereocenters.